The third-order valence-corrected chi connectivity index (χ3v) is 7.96. The van der Waals surface area contributed by atoms with Gasteiger partial charge in [-0.05, 0) is 42.8 Å². The van der Waals surface area contributed by atoms with Gasteiger partial charge in [-0.25, -0.2) is 19.4 Å². The Morgan fingerprint density at radius 1 is 1.08 bits per heavy atom. The number of benzene rings is 1. The smallest absolute Gasteiger partial charge is 0.287 e. The molecule has 2 aliphatic heterocycles. The quantitative estimate of drug-likeness (QED) is 0.402. The van der Waals surface area contributed by atoms with E-state index in [1.165, 1.54) is 12.1 Å². The minimum absolute atomic E-state index is 0.0110. The van der Waals surface area contributed by atoms with Gasteiger partial charge < -0.3 is 24.5 Å². The van der Waals surface area contributed by atoms with E-state index in [-0.39, 0.29) is 18.5 Å². The number of aliphatic imine (C=N–C) groups is 1. The molecule has 11 heteroatoms. The summed E-state index contributed by atoms with van der Waals surface area (Å²) in [6.07, 6.45) is 2.73. The number of thiazole rings is 1. The normalized spacial score (nSPS) is 17.7. The fourth-order valence-electron chi connectivity index (χ4n) is 4.94. The molecule has 0 spiro atoms. The number of halogens is 1. The third-order valence-electron chi connectivity index (χ3n) is 7.04. The lowest BCUT2D eigenvalue weighted by atomic mass is 10.2. The molecule has 4 aromatic rings. The molecule has 1 fully saturated rings. The molecule has 198 valence electrons. The second kappa shape index (κ2) is 10.2. The highest BCUT2D eigenvalue weighted by atomic mass is 32.1. The van der Waals surface area contributed by atoms with Gasteiger partial charge in [0, 0.05) is 50.4 Å². The topological polar surface area (TPSA) is 81.7 Å². The minimum atomic E-state index is -0.257. The number of fused-ring (bicyclic) bond motifs is 1. The van der Waals surface area contributed by atoms with Crippen LogP contribution in [0.2, 0.25) is 0 Å². The van der Waals surface area contributed by atoms with E-state index >= 15 is 0 Å². The zero-order chi connectivity index (χ0) is 26.2. The van der Waals surface area contributed by atoms with Crippen molar-refractivity contribution < 1.29 is 14.2 Å². The summed E-state index contributed by atoms with van der Waals surface area (Å²) in [4.78, 5) is 20.8. The summed E-state index contributed by atoms with van der Waals surface area (Å²) in [6.45, 7) is 5.90. The molecule has 0 aliphatic carbocycles. The number of pyridine rings is 1. The maximum Gasteiger partial charge on any atom is 0.287 e. The molecule has 0 bridgehead atoms. The number of ether oxygens (including phenoxy) is 1. The van der Waals surface area contributed by atoms with Crippen molar-refractivity contribution in [1.29, 1.82) is 0 Å². The number of amidine groups is 1. The minimum Gasteiger partial charge on any atom is -0.457 e. The van der Waals surface area contributed by atoms with Crippen LogP contribution in [0.3, 0.4) is 0 Å². The van der Waals surface area contributed by atoms with Crippen LogP contribution >= 0.6 is 11.3 Å². The average Bonchev–Trinajstić information content (AvgIpc) is 3.71. The van der Waals surface area contributed by atoms with Crippen molar-refractivity contribution in [3.63, 3.8) is 0 Å². The number of anilines is 3. The zero-order valence-corrected chi connectivity index (χ0v) is 22.2. The Balaban J connectivity index is 1.24. The number of aliphatic hydroxyl groups is 1. The molecule has 9 nitrogen and oxygen atoms in total. The first-order valence-electron chi connectivity index (χ1n) is 12.8. The molecule has 1 aromatic carbocycles. The van der Waals surface area contributed by atoms with Crippen LogP contribution in [0.4, 0.5) is 21.0 Å². The highest BCUT2D eigenvalue weighted by molar-refractivity contribution is 7.14. The number of imidazole rings is 1. The number of aliphatic hydroxyl groups excluding tert-OH is 1. The molecular formula is C27H30FN7O2S. The molecule has 0 saturated carbocycles. The molecule has 1 unspecified atom stereocenters. The first-order valence-corrected chi connectivity index (χ1v) is 13.7. The summed E-state index contributed by atoms with van der Waals surface area (Å²) in [5.41, 5.74) is 4.73. The Labute approximate surface area is 224 Å². The molecule has 0 amide bonds. The SMILES string of the molecule is CCc1nc2ccc(N3CCN(C4=NCC(CO)O4)CC3)cn2c1N(C)c1nc(-c2ccc(F)cc2)cs1. The van der Waals surface area contributed by atoms with Crippen LogP contribution in [0.25, 0.3) is 16.9 Å². The molecule has 5 heterocycles. The van der Waals surface area contributed by atoms with Gasteiger partial charge in [-0.2, -0.15) is 0 Å². The number of aryl methyl sites for hydroxylation is 1. The highest BCUT2D eigenvalue weighted by Gasteiger charge is 2.27. The van der Waals surface area contributed by atoms with Gasteiger partial charge in [-0.1, -0.05) is 6.92 Å². The lowest BCUT2D eigenvalue weighted by molar-refractivity contribution is 0.110. The molecule has 1 saturated heterocycles. The lowest BCUT2D eigenvalue weighted by Crippen LogP contribution is -2.49. The van der Waals surface area contributed by atoms with E-state index in [4.69, 9.17) is 14.7 Å². The number of nitrogens with zero attached hydrogens (tertiary/aromatic N) is 7. The maximum absolute atomic E-state index is 13.4. The molecule has 1 atom stereocenters. The van der Waals surface area contributed by atoms with Crippen molar-refractivity contribution in [3.05, 3.63) is 59.5 Å². The van der Waals surface area contributed by atoms with Crippen molar-refractivity contribution >= 4 is 39.6 Å². The molecule has 2 aliphatic rings. The number of aromatic nitrogens is 3. The molecular weight excluding hydrogens is 505 g/mol. The standard InChI is InChI=1S/C27H30FN7O2S/c1-3-22-25(32(2)27-31-23(17-38-27)18-4-6-19(28)7-5-18)35-15-20(8-9-24(35)30-22)33-10-12-34(13-11-33)26-29-14-21(16-36)37-26/h4-9,15,17,21,36H,3,10-14,16H2,1-2H3. The van der Waals surface area contributed by atoms with Gasteiger partial charge in [0.25, 0.3) is 6.02 Å². The van der Waals surface area contributed by atoms with Gasteiger partial charge in [0.2, 0.25) is 0 Å². The second-order valence-electron chi connectivity index (χ2n) is 9.45. The van der Waals surface area contributed by atoms with Gasteiger partial charge in [-0.15, -0.1) is 11.3 Å². The Morgan fingerprint density at radius 2 is 1.84 bits per heavy atom. The van der Waals surface area contributed by atoms with Crippen LogP contribution in [0.1, 0.15) is 12.6 Å². The predicted octanol–water partition coefficient (Wildman–Crippen LogP) is 3.80. The first kappa shape index (κ1) is 24.6. The van der Waals surface area contributed by atoms with Crippen LogP contribution in [0.15, 0.2) is 53.0 Å². The lowest BCUT2D eigenvalue weighted by Gasteiger charge is -2.36. The second-order valence-corrected chi connectivity index (χ2v) is 10.3. The Bertz CT molecular complexity index is 1460. The Hall–Kier alpha value is -3.70. The summed E-state index contributed by atoms with van der Waals surface area (Å²) in [7, 11) is 2.02. The van der Waals surface area contributed by atoms with E-state index in [9.17, 15) is 9.50 Å². The Kier molecular flexibility index (Phi) is 6.62. The van der Waals surface area contributed by atoms with E-state index in [1.807, 2.05) is 12.4 Å². The number of hydrogen-bond donors (Lipinski definition) is 1. The summed E-state index contributed by atoms with van der Waals surface area (Å²) >= 11 is 1.55. The number of hydrogen-bond acceptors (Lipinski definition) is 9. The van der Waals surface area contributed by atoms with E-state index < -0.39 is 0 Å². The largest absolute Gasteiger partial charge is 0.457 e. The molecule has 6 rings (SSSR count). The van der Waals surface area contributed by atoms with Gasteiger partial charge >= 0.3 is 0 Å². The van der Waals surface area contributed by atoms with Gasteiger partial charge in [-0.3, -0.25) is 4.40 Å². The average molecular weight is 536 g/mol. The summed E-state index contributed by atoms with van der Waals surface area (Å²) in [5.74, 6) is 0.736. The molecule has 3 aromatic heterocycles. The first-order chi connectivity index (χ1) is 18.5. The van der Waals surface area contributed by atoms with Crippen LogP contribution in [-0.2, 0) is 11.2 Å². The van der Waals surface area contributed by atoms with E-state index in [0.29, 0.717) is 12.6 Å². The van der Waals surface area contributed by atoms with Gasteiger partial charge in [0.05, 0.1) is 30.2 Å². The predicted molar refractivity (Wildman–Crippen MR) is 148 cm³/mol. The maximum atomic E-state index is 13.4. The van der Waals surface area contributed by atoms with Crippen molar-refractivity contribution in [2.45, 2.75) is 19.4 Å². The van der Waals surface area contributed by atoms with Crippen LogP contribution in [0, 0.1) is 5.82 Å². The van der Waals surface area contributed by atoms with Crippen molar-refractivity contribution in [2.24, 2.45) is 4.99 Å². The van der Waals surface area contributed by atoms with Crippen molar-refractivity contribution in [3.8, 4) is 11.3 Å². The van der Waals surface area contributed by atoms with E-state index in [2.05, 4.69) is 49.3 Å². The third kappa shape index (κ3) is 4.56. The van der Waals surface area contributed by atoms with E-state index in [0.717, 1.165) is 71.8 Å². The number of piperazine rings is 1. The zero-order valence-electron chi connectivity index (χ0n) is 21.4. The molecule has 1 N–H and O–H groups in total. The van der Waals surface area contributed by atoms with Gasteiger partial charge in [0.1, 0.15) is 23.4 Å². The van der Waals surface area contributed by atoms with Crippen molar-refractivity contribution in [1.82, 2.24) is 19.3 Å². The van der Waals surface area contributed by atoms with Gasteiger partial charge in [0.15, 0.2) is 5.13 Å². The summed E-state index contributed by atoms with van der Waals surface area (Å²) in [5, 5.41) is 12.2. The van der Waals surface area contributed by atoms with E-state index in [1.54, 1.807) is 23.5 Å². The van der Waals surface area contributed by atoms with Crippen LogP contribution in [0.5, 0.6) is 0 Å². The molecule has 38 heavy (non-hydrogen) atoms. The Morgan fingerprint density at radius 3 is 2.55 bits per heavy atom. The van der Waals surface area contributed by atoms with Crippen LogP contribution in [-0.4, -0.2) is 82.9 Å². The van der Waals surface area contributed by atoms with Crippen molar-refractivity contribution in [2.75, 3.05) is 56.2 Å². The van der Waals surface area contributed by atoms with Crippen LogP contribution < -0.4 is 9.80 Å². The fourth-order valence-corrected chi connectivity index (χ4v) is 5.74. The summed E-state index contributed by atoms with van der Waals surface area (Å²) in [6, 6.07) is 11.3. The molecule has 0 radical (unpaired) electrons. The summed E-state index contributed by atoms with van der Waals surface area (Å²) < 4.78 is 21.3. The monoisotopic (exact) mass is 535 g/mol. The fraction of sp³-hybridized carbons (Fsp3) is 0.370. The highest BCUT2D eigenvalue weighted by Crippen LogP contribution is 2.34. The number of rotatable bonds is 6.